The number of rotatable bonds is 6. The first kappa shape index (κ1) is 19.7. The standard InChI is InChI=1S/C23H21FO4/c1-3-5-20(25)18-12-17(24)10-9-15(18)7-8-16-11-22-23(28-14-27-22)13-19(16)21(26)6-4-2/h3-4,9-13,20-21,25-26H,1-2,5-6,14H2. The normalized spacial score (nSPS) is 14.0. The van der Waals surface area contributed by atoms with Crippen LogP contribution in [0.2, 0.25) is 0 Å². The van der Waals surface area contributed by atoms with Crippen LogP contribution in [0.4, 0.5) is 4.39 Å². The first-order valence-electron chi connectivity index (χ1n) is 8.86. The first-order chi connectivity index (χ1) is 13.5. The van der Waals surface area contributed by atoms with E-state index >= 15 is 0 Å². The molecule has 0 saturated carbocycles. The average Bonchev–Trinajstić information content (AvgIpc) is 3.14. The third-order valence-corrected chi connectivity index (χ3v) is 4.39. The summed E-state index contributed by atoms with van der Waals surface area (Å²) in [7, 11) is 0. The van der Waals surface area contributed by atoms with Crippen molar-refractivity contribution >= 4 is 0 Å². The summed E-state index contributed by atoms with van der Waals surface area (Å²) in [6, 6.07) is 7.50. The summed E-state index contributed by atoms with van der Waals surface area (Å²) in [5.41, 5.74) is 2.04. The van der Waals surface area contributed by atoms with Gasteiger partial charge in [-0.25, -0.2) is 4.39 Å². The van der Waals surface area contributed by atoms with Crippen LogP contribution in [0.15, 0.2) is 55.6 Å². The van der Waals surface area contributed by atoms with Gasteiger partial charge in [-0.15, -0.1) is 13.2 Å². The molecule has 28 heavy (non-hydrogen) atoms. The average molecular weight is 380 g/mol. The Morgan fingerprint density at radius 3 is 2.14 bits per heavy atom. The van der Waals surface area contributed by atoms with E-state index < -0.39 is 18.0 Å². The fourth-order valence-corrected chi connectivity index (χ4v) is 2.97. The molecule has 2 aromatic carbocycles. The molecule has 2 atom stereocenters. The molecule has 0 spiro atoms. The minimum absolute atomic E-state index is 0.110. The molecule has 0 aliphatic carbocycles. The van der Waals surface area contributed by atoms with Gasteiger partial charge in [0.1, 0.15) is 5.82 Å². The van der Waals surface area contributed by atoms with E-state index in [0.29, 0.717) is 40.2 Å². The zero-order valence-electron chi connectivity index (χ0n) is 15.3. The van der Waals surface area contributed by atoms with Crippen molar-refractivity contribution in [3.05, 3.63) is 83.7 Å². The van der Waals surface area contributed by atoms with Crippen LogP contribution in [0.1, 0.15) is 47.3 Å². The van der Waals surface area contributed by atoms with Crippen LogP contribution in [-0.4, -0.2) is 17.0 Å². The van der Waals surface area contributed by atoms with Crippen molar-refractivity contribution in [3.8, 4) is 23.3 Å². The molecule has 0 aromatic heterocycles. The minimum Gasteiger partial charge on any atom is -0.454 e. The van der Waals surface area contributed by atoms with E-state index in [9.17, 15) is 14.6 Å². The van der Waals surface area contributed by atoms with Crippen molar-refractivity contribution < 1.29 is 24.1 Å². The Morgan fingerprint density at radius 2 is 1.50 bits per heavy atom. The van der Waals surface area contributed by atoms with Crippen molar-refractivity contribution in [3.63, 3.8) is 0 Å². The summed E-state index contributed by atoms with van der Waals surface area (Å²) in [5.74, 6) is 6.64. The van der Waals surface area contributed by atoms with Crippen LogP contribution in [0.25, 0.3) is 0 Å². The fraction of sp³-hybridized carbons (Fsp3) is 0.217. The van der Waals surface area contributed by atoms with Gasteiger partial charge in [0, 0.05) is 22.8 Å². The highest BCUT2D eigenvalue weighted by Crippen LogP contribution is 2.37. The zero-order chi connectivity index (χ0) is 20.1. The second kappa shape index (κ2) is 8.75. The molecule has 0 saturated heterocycles. The Hall–Kier alpha value is -3.07. The molecule has 0 amide bonds. The molecule has 3 rings (SSSR count). The largest absolute Gasteiger partial charge is 0.454 e. The second-order valence-electron chi connectivity index (χ2n) is 6.35. The Balaban J connectivity index is 2.05. The van der Waals surface area contributed by atoms with Crippen LogP contribution in [0.3, 0.4) is 0 Å². The molecule has 2 unspecified atom stereocenters. The van der Waals surface area contributed by atoms with Crippen LogP contribution in [0.5, 0.6) is 11.5 Å². The van der Waals surface area contributed by atoms with Gasteiger partial charge in [0.05, 0.1) is 12.2 Å². The summed E-state index contributed by atoms with van der Waals surface area (Å²) < 4.78 is 24.4. The Labute approximate surface area is 163 Å². The van der Waals surface area contributed by atoms with Crippen molar-refractivity contribution in [1.29, 1.82) is 0 Å². The molecule has 1 aliphatic rings. The number of hydrogen-bond acceptors (Lipinski definition) is 4. The van der Waals surface area contributed by atoms with Gasteiger partial charge in [0.25, 0.3) is 0 Å². The lowest BCUT2D eigenvalue weighted by Crippen LogP contribution is -2.01. The molecule has 5 heteroatoms. The lowest BCUT2D eigenvalue weighted by molar-refractivity contribution is 0.172. The molecule has 4 nitrogen and oxygen atoms in total. The molecule has 1 aliphatic heterocycles. The Bertz CT molecular complexity index is 955. The van der Waals surface area contributed by atoms with Crippen LogP contribution >= 0.6 is 0 Å². The van der Waals surface area contributed by atoms with E-state index in [-0.39, 0.29) is 13.2 Å². The van der Waals surface area contributed by atoms with Gasteiger partial charge in [-0.05, 0) is 42.7 Å². The maximum absolute atomic E-state index is 13.7. The zero-order valence-corrected chi connectivity index (χ0v) is 15.3. The van der Waals surface area contributed by atoms with Gasteiger partial charge in [-0.1, -0.05) is 24.0 Å². The van der Waals surface area contributed by atoms with Crippen LogP contribution in [-0.2, 0) is 0 Å². The Kier molecular flexibility index (Phi) is 6.15. The molecular weight excluding hydrogens is 359 g/mol. The minimum atomic E-state index is -0.903. The topological polar surface area (TPSA) is 58.9 Å². The molecular formula is C23H21FO4. The maximum Gasteiger partial charge on any atom is 0.231 e. The van der Waals surface area contributed by atoms with Crippen LogP contribution < -0.4 is 9.47 Å². The number of fused-ring (bicyclic) bond motifs is 1. The highest BCUT2D eigenvalue weighted by Gasteiger charge is 2.20. The van der Waals surface area contributed by atoms with Crippen molar-refractivity contribution in [2.75, 3.05) is 6.79 Å². The molecule has 2 N–H and O–H groups in total. The lowest BCUT2D eigenvalue weighted by atomic mass is 9.97. The molecule has 2 aromatic rings. The third-order valence-electron chi connectivity index (χ3n) is 4.39. The SMILES string of the molecule is C=CCC(O)c1cc(F)ccc1C#Cc1cc2c(cc1C(O)CC=C)OCO2. The summed E-state index contributed by atoms with van der Waals surface area (Å²) in [4.78, 5) is 0. The molecule has 0 bridgehead atoms. The third kappa shape index (κ3) is 4.25. The number of halogens is 1. The Morgan fingerprint density at radius 1 is 0.929 bits per heavy atom. The van der Waals surface area contributed by atoms with Crippen LogP contribution in [0, 0.1) is 17.7 Å². The van der Waals surface area contributed by atoms with Gasteiger partial charge in [-0.3, -0.25) is 0 Å². The van der Waals surface area contributed by atoms with E-state index in [4.69, 9.17) is 9.47 Å². The number of benzene rings is 2. The maximum atomic E-state index is 13.7. The van der Waals surface area contributed by atoms with Gasteiger partial charge < -0.3 is 19.7 Å². The molecule has 1 heterocycles. The van der Waals surface area contributed by atoms with Gasteiger partial charge >= 0.3 is 0 Å². The van der Waals surface area contributed by atoms with Crippen molar-refractivity contribution in [2.45, 2.75) is 25.0 Å². The fourth-order valence-electron chi connectivity index (χ4n) is 2.97. The quantitative estimate of drug-likeness (QED) is 0.583. The number of ether oxygens (including phenoxy) is 2. The van der Waals surface area contributed by atoms with E-state index in [1.54, 1.807) is 24.3 Å². The summed E-state index contributed by atoms with van der Waals surface area (Å²) in [5, 5.41) is 20.7. The van der Waals surface area contributed by atoms with Crippen molar-refractivity contribution in [2.24, 2.45) is 0 Å². The van der Waals surface area contributed by atoms with Gasteiger partial charge in [0.2, 0.25) is 6.79 Å². The van der Waals surface area contributed by atoms with Gasteiger partial charge in [0.15, 0.2) is 11.5 Å². The second-order valence-corrected chi connectivity index (χ2v) is 6.35. The predicted molar refractivity (Wildman–Crippen MR) is 104 cm³/mol. The van der Waals surface area contributed by atoms with E-state index in [1.165, 1.54) is 18.2 Å². The van der Waals surface area contributed by atoms with E-state index in [0.717, 1.165) is 0 Å². The summed E-state index contributed by atoms with van der Waals surface area (Å²) >= 11 is 0. The number of hydrogen-bond donors (Lipinski definition) is 2. The molecule has 0 fully saturated rings. The highest BCUT2D eigenvalue weighted by molar-refractivity contribution is 5.57. The predicted octanol–water partition coefficient (Wildman–Crippen LogP) is 4.17. The highest BCUT2D eigenvalue weighted by atomic mass is 19.1. The lowest BCUT2D eigenvalue weighted by Gasteiger charge is -2.13. The number of aliphatic hydroxyl groups is 2. The molecule has 144 valence electrons. The monoisotopic (exact) mass is 380 g/mol. The smallest absolute Gasteiger partial charge is 0.231 e. The van der Waals surface area contributed by atoms with E-state index in [1.807, 2.05) is 0 Å². The summed E-state index contributed by atoms with van der Waals surface area (Å²) in [6.07, 6.45) is 2.12. The van der Waals surface area contributed by atoms with Crippen molar-refractivity contribution in [1.82, 2.24) is 0 Å². The summed E-state index contributed by atoms with van der Waals surface area (Å²) in [6.45, 7) is 7.37. The van der Waals surface area contributed by atoms with E-state index in [2.05, 4.69) is 25.0 Å². The number of aliphatic hydroxyl groups excluding tert-OH is 2. The molecule has 0 radical (unpaired) electrons. The first-order valence-corrected chi connectivity index (χ1v) is 8.86. The van der Waals surface area contributed by atoms with Gasteiger partial charge in [-0.2, -0.15) is 0 Å².